The maximum absolute atomic E-state index is 11.6. The van der Waals surface area contributed by atoms with Crippen LogP contribution in [0.25, 0.3) is 0 Å². The fourth-order valence-electron chi connectivity index (χ4n) is 1.31. The number of anilines is 1. The molecule has 1 N–H and O–H groups in total. The predicted octanol–water partition coefficient (Wildman–Crippen LogP) is 2.69. The zero-order chi connectivity index (χ0) is 12.8. The standard InChI is InChI=1S/C13H19NO3/c1-5-17-12-8-10(6-7-11(12)16-4)14-13(15)9(2)3/h6-9H,5H2,1-4H3,(H,14,15). The van der Waals surface area contributed by atoms with Crippen molar-refractivity contribution in [3.63, 3.8) is 0 Å². The number of ether oxygens (including phenoxy) is 2. The first-order valence-electron chi connectivity index (χ1n) is 5.70. The van der Waals surface area contributed by atoms with Gasteiger partial charge in [-0.2, -0.15) is 0 Å². The summed E-state index contributed by atoms with van der Waals surface area (Å²) in [7, 11) is 1.59. The van der Waals surface area contributed by atoms with Crippen molar-refractivity contribution in [1.82, 2.24) is 0 Å². The van der Waals surface area contributed by atoms with Crippen LogP contribution in [0.3, 0.4) is 0 Å². The molecule has 0 aliphatic heterocycles. The molecule has 4 nitrogen and oxygen atoms in total. The summed E-state index contributed by atoms with van der Waals surface area (Å²) in [5.41, 5.74) is 0.716. The Hall–Kier alpha value is -1.71. The van der Waals surface area contributed by atoms with E-state index in [0.717, 1.165) is 0 Å². The zero-order valence-electron chi connectivity index (χ0n) is 10.7. The third-order valence-electron chi connectivity index (χ3n) is 2.26. The van der Waals surface area contributed by atoms with E-state index < -0.39 is 0 Å². The first-order valence-corrected chi connectivity index (χ1v) is 5.70. The summed E-state index contributed by atoms with van der Waals surface area (Å²) in [5, 5.41) is 2.82. The second-order valence-electron chi connectivity index (χ2n) is 3.94. The lowest BCUT2D eigenvalue weighted by Gasteiger charge is -2.12. The van der Waals surface area contributed by atoms with Gasteiger partial charge >= 0.3 is 0 Å². The van der Waals surface area contributed by atoms with Crippen LogP contribution >= 0.6 is 0 Å². The van der Waals surface area contributed by atoms with Gasteiger partial charge in [-0.05, 0) is 19.1 Å². The van der Waals surface area contributed by atoms with E-state index in [1.807, 2.05) is 20.8 Å². The summed E-state index contributed by atoms with van der Waals surface area (Å²) in [5.74, 6) is 1.23. The smallest absolute Gasteiger partial charge is 0.226 e. The Morgan fingerprint density at radius 2 is 2.06 bits per heavy atom. The van der Waals surface area contributed by atoms with Gasteiger partial charge in [0.15, 0.2) is 11.5 Å². The summed E-state index contributed by atoms with van der Waals surface area (Å²) in [6.07, 6.45) is 0. The fourth-order valence-corrected chi connectivity index (χ4v) is 1.31. The lowest BCUT2D eigenvalue weighted by atomic mass is 10.2. The maximum Gasteiger partial charge on any atom is 0.226 e. The summed E-state index contributed by atoms with van der Waals surface area (Å²) in [6, 6.07) is 5.34. The topological polar surface area (TPSA) is 47.6 Å². The van der Waals surface area contributed by atoms with Crippen LogP contribution in [0.5, 0.6) is 11.5 Å². The molecule has 0 bridgehead atoms. The Balaban J connectivity index is 2.88. The average Bonchev–Trinajstić information content (AvgIpc) is 2.29. The molecule has 4 heteroatoms. The number of methoxy groups -OCH3 is 1. The highest BCUT2D eigenvalue weighted by Gasteiger charge is 2.10. The van der Waals surface area contributed by atoms with Crippen LogP contribution in [-0.2, 0) is 4.79 Å². The molecule has 0 saturated carbocycles. The third kappa shape index (κ3) is 3.66. The molecule has 0 saturated heterocycles. The Kier molecular flexibility index (Phi) is 4.82. The van der Waals surface area contributed by atoms with E-state index in [0.29, 0.717) is 23.8 Å². The third-order valence-corrected chi connectivity index (χ3v) is 2.26. The van der Waals surface area contributed by atoms with Crippen molar-refractivity contribution in [2.75, 3.05) is 19.0 Å². The van der Waals surface area contributed by atoms with Gasteiger partial charge < -0.3 is 14.8 Å². The van der Waals surface area contributed by atoms with Crippen molar-refractivity contribution in [3.8, 4) is 11.5 Å². The van der Waals surface area contributed by atoms with E-state index >= 15 is 0 Å². The van der Waals surface area contributed by atoms with Crippen LogP contribution in [0.2, 0.25) is 0 Å². The highest BCUT2D eigenvalue weighted by Crippen LogP contribution is 2.30. The molecular weight excluding hydrogens is 218 g/mol. The highest BCUT2D eigenvalue weighted by atomic mass is 16.5. The van der Waals surface area contributed by atoms with Crippen molar-refractivity contribution >= 4 is 11.6 Å². The monoisotopic (exact) mass is 237 g/mol. The summed E-state index contributed by atoms with van der Waals surface area (Å²) in [4.78, 5) is 11.6. The van der Waals surface area contributed by atoms with Crippen molar-refractivity contribution in [2.45, 2.75) is 20.8 Å². The van der Waals surface area contributed by atoms with Crippen LogP contribution in [0, 0.1) is 5.92 Å². The number of amides is 1. The Morgan fingerprint density at radius 3 is 2.59 bits per heavy atom. The molecular formula is C13H19NO3. The molecule has 1 aromatic carbocycles. The van der Waals surface area contributed by atoms with Crippen LogP contribution in [-0.4, -0.2) is 19.6 Å². The second kappa shape index (κ2) is 6.13. The molecule has 0 aliphatic carbocycles. The van der Waals surface area contributed by atoms with Gasteiger partial charge in [-0.15, -0.1) is 0 Å². The molecule has 17 heavy (non-hydrogen) atoms. The fraction of sp³-hybridized carbons (Fsp3) is 0.462. The first-order chi connectivity index (χ1) is 8.08. The molecule has 0 fully saturated rings. The van der Waals surface area contributed by atoms with E-state index in [2.05, 4.69) is 5.32 Å². The van der Waals surface area contributed by atoms with Gasteiger partial charge in [-0.3, -0.25) is 4.79 Å². The van der Waals surface area contributed by atoms with Gasteiger partial charge in [-0.1, -0.05) is 13.8 Å². The normalized spacial score (nSPS) is 10.2. The Labute approximate surface area is 102 Å². The van der Waals surface area contributed by atoms with E-state index in [-0.39, 0.29) is 11.8 Å². The molecule has 0 atom stereocenters. The number of carbonyl (C=O) groups is 1. The lowest BCUT2D eigenvalue weighted by Crippen LogP contribution is -2.17. The van der Waals surface area contributed by atoms with Gasteiger partial charge in [0.25, 0.3) is 0 Å². The van der Waals surface area contributed by atoms with E-state index in [1.165, 1.54) is 0 Å². The predicted molar refractivity (Wildman–Crippen MR) is 67.6 cm³/mol. The largest absolute Gasteiger partial charge is 0.493 e. The van der Waals surface area contributed by atoms with Crippen molar-refractivity contribution in [1.29, 1.82) is 0 Å². The van der Waals surface area contributed by atoms with Crippen molar-refractivity contribution < 1.29 is 14.3 Å². The number of carbonyl (C=O) groups excluding carboxylic acids is 1. The van der Waals surface area contributed by atoms with Gasteiger partial charge in [0.2, 0.25) is 5.91 Å². The molecule has 0 radical (unpaired) electrons. The SMILES string of the molecule is CCOc1cc(NC(=O)C(C)C)ccc1OC. The van der Waals surface area contributed by atoms with Crippen molar-refractivity contribution in [2.24, 2.45) is 5.92 Å². The Morgan fingerprint density at radius 1 is 1.35 bits per heavy atom. The molecule has 0 unspecified atom stereocenters. The molecule has 0 spiro atoms. The van der Waals surface area contributed by atoms with Crippen LogP contribution in [0.4, 0.5) is 5.69 Å². The summed E-state index contributed by atoms with van der Waals surface area (Å²) < 4.78 is 10.6. The maximum atomic E-state index is 11.6. The van der Waals surface area contributed by atoms with E-state index in [1.54, 1.807) is 25.3 Å². The molecule has 0 aromatic heterocycles. The molecule has 1 rings (SSSR count). The van der Waals surface area contributed by atoms with Crippen molar-refractivity contribution in [3.05, 3.63) is 18.2 Å². The Bertz CT molecular complexity index is 388. The minimum absolute atomic E-state index is 0.0161. The quantitative estimate of drug-likeness (QED) is 0.856. The van der Waals surface area contributed by atoms with Gasteiger partial charge in [0.05, 0.1) is 13.7 Å². The van der Waals surface area contributed by atoms with Gasteiger partial charge in [0.1, 0.15) is 0 Å². The average molecular weight is 237 g/mol. The minimum atomic E-state index is -0.0485. The number of benzene rings is 1. The highest BCUT2D eigenvalue weighted by molar-refractivity contribution is 5.92. The number of hydrogen-bond acceptors (Lipinski definition) is 3. The molecule has 1 amide bonds. The summed E-state index contributed by atoms with van der Waals surface area (Å²) in [6.45, 7) is 6.15. The molecule has 0 heterocycles. The molecule has 94 valence electrons. The molecule has 1 aromatic rings. The number of hydrogen-bond donors (Lipinski definition) is 1. The van der Waals surface area contributed by atoms with Crippen LogP contribution in [0.1, 0.15) is 20.8 Å². The van der Waals surface area contributed by atoms with Gasteiger partial charge in [-0.25, -0.2) is 0 Å². The van der Waals surface area contributed by atoms with Crippen LogP contribution in [0.15, 0.2) is 18.2 Å². The zero-order valence-corrected chi connectivity index (χ0v) is 10.7. The van der Waals surface area contributed by atoms with Crippen LogP contribution < -0.4 is 14.8 Å². The van der Waals surface area contributed by atoms with Gasteiger partial charge in [0, 0.05) is 17.7 Å². The minimum Gasteiger partial charge on any atom is -0.493 e. The first kappa shape index (κ1) is 13.4. The number of rotatable bonds is 5. The van der Waals surface area contributed by atoms with E-state index in [4.69, 9.17) is 9.47 Å². The number of nitrogens with one attached hydrogen (secondary N) is 1. The molecule has 0 aliphatic rings. The lowest BCUT2D eigenvalue weighted by molar-refractivity contribution is -0.118. The second-order valence-corrected chi connectivity index (χ2v) is 3.94. The summed E-state index contributed by atoms with van der Waals surface area (Å²) >= 11 is 0. The van der Waals surface area contributed by atoms with E-state index in [9.17, 15) is 4.79 Å².